The molecule has 140 valence electrons. The van der Waals surface area contributed by atoms with Crippen molar-refractivity contribution >= 4 is 28.3 Å². The lowest BCUT2D eigenvalue weighted by Gasteiger charge is -2.22. The van der Waals surface area contributed by atoms with Crippen molar-refractivity contribution in [2.24, 2.45) is 0 Å². The Morgan fingerprint density at radius 2 is 1.86 bits per heavy atom. The number of anilines is 1. The Morgan fingerprint density at radius 3 is 2.64 bits per heavy atom. The third-order valence-corrected chi connectivity index (χ3v) is 4.90. The molecular formula is C22H16ClF2N3. The molecule has 0 radical (unpaired) electrons. The normalized spacial score (nSPS) is 12.1. The first kappa shape index (κ1) is 18.3. The maximum absolute atomic E-state index is 13.6. The number of hydrogen-bond acceptors (Lipinski definition) is 3. The number of rotatable bonds is 4. The van der Waals surface area contributed by atoms with Gasteiger partial charge in [-0.3, -0.25) is 4.98 Å². The Hall–Kier alpha value is -3.05. The van der Waals surface area contributed by atoms with E-state index in [1.165, 1.54) is 18.3 Å². The van der Waals surface area contributed by atoms with Crippen molar-refractivity contribution in [2.75, 3.05) is 5.32 Å². The molecule has 0 bridgehead atoms. The molecule has 4 rings (SSSR count). The smallest absolute Gasteiger partial charge is 0.144 e. The summed E-state index contributed by atoms with van der Waals surface area (Å²) in [5, 5.41) is 4.59. The molecule has 1 N–H and O–H groups in total. The summed E-state index contributed by atoms with van der Waals surface area (Å²) in [6.45, 7) is 1.67. The van der Waals surface area contributed by atoms with Gasteiger partial charge >= 0.3 is 0 Å². The summed E-state index contributed by atoms with van der Waals surface area (Å²) in [5.41, 5.74) is 2.86. The number of nitrogens with zero attached hydrogens (tertiary/aromatic N) is 2. The Labute approximate surface area is 166 Å². The van der Waals surface area contributed by atoms with E-state index in [0.717, 1.165) is 16.5 Å². The third-order valence-electron chi connectivity index (χ3n) is 4.58. The van der Waals surface area contributed by atoms with Crippen molar-refractivity contribution < 1.29 is 8.78 Å². The van der Waals surface area contributed by atoms with Gasteiger partial charge in [-0.2, -0.15) is 0 Å². The van der Waals surface area contributed by atoms with Gasteiger partial charge in [0.15, 0.2) is 0 Å². The Balaban J connectivity index is 1.82. The van der Waals surface area contributed by atoms with Gasteiger partial charge in [-0.05, 0) is 53.9 Å². The van der Waals surface area contributed by atoms with Gasteiger partial charge in [0.2, 0.25) is 0 Å². The minimum Gasteiger partial charge on any atom is -0.359 e. The molecule has 2 aromatic heterocycles. The lowest BCUT2D eigenvalue weighted by Crippen LogP contribution is -2.14. The van der Waals surface area contributed by atoms with E-state index in [4.69, 9.17) is 11.6 Å². The zero-order chi connectivity index (χ0) is 19.7. The van der Waals surface area contributed by atoms with Crippen LogP contribution in [0.4, 0.5) is 14.6 Å². The van der Waals surface area contributed by atoms with Crippen LogP contribution in [-0.2, 0) is 0 Å². The van der Waals surface area contributed by atoms with Gasteiger partial charge in [-0.1, -0.05) is 35.9 Å². The molecule has 4 aromatic rings. The molecule has 2 heterocycles. The van der Waals surface area contributed by atoms with Gasteiger partial charge in [0.25, 0.3) is 0 Å². The first-order valence-electron chi connectivity index (χ1n) is 8.69. The highest BCUT2D eigenvalue weighted by molar-refractivity contribution is 6.31. The molecule has 0 aliphatic carbocycles. The molecule has 28 heavy (non-hydrogen) atoms. The zero-order valence-electron chi connectivity index (χ0n) is 15.0. The topological polar surface area (TPSA) is 37.8 Å². The number of fused-ring (bicyclic) bond motifs is 1. The fourth-order valence-corrected chi connectivity index (χ4v) is 3.38. The van der Waals surface area contributed by atoms with Crippen molar-refractivity contribution in [1.29, 1.82) is 0 Å². The molecule has 0 aliphatic rings. The summed E-state index contributed by atoms with van der Waals surface area (Å²) in [6, 6.07) is 15.2. The number of pyridine rings is 2. The minimum atomic E-state index is -0.420. The summed E-state index contributed by atoms with van der Waals surface area (Å²) in [4.78, 5) is 8.52. The number of halogens is 3. The van der Waals surface area contributed by atoms with E-state index in [-0.39, 0.29) is 10.8 Å². The van der Waals surface area contributed by atoms with Crippen LogP contribution < -0.4 is 5.32 Å². The molecule has 0 saturated heterocycles. The van der Waals surface area contributed by atoms with E-state index < -0.39 is 11.9 Å². The molecule has 0 aliphatic heterocycles. The van der Waals surface area contributed by atoms with Crippen LogP contribution >= 0.6 is 11.6 Å². The second-order valence-corrected chi connectivity index (χ2v) is 6.92. The fourth-order valence-electron chi connectivity index (χ4n) is 3.11. The van der Waals surface area contributed by atoms with Crippen molar-refractivity contribution in [3.63, 3.8) is 0 Å². The van der Waals surface area contributed by atoms with E-state index in [1.807, 2.05) is 30.3 Å². The zero-order valence-corrected chi connectivity index (χ0v) is 15.7. The molecular weight excluding hydrogens is 380 g/mol. The minimum absolute atomic E-state index is 0.289. The van der Waals surface area contributed by atoms with Crippen molar-refractivity contribution in [3.8, 4) is 0 Å². The molecule has 2 aromatic carbocycles. The van der Waals surface area contributed by atoms with Crippen LogP contribution in [0, 0.1) is 18.6 Å². The largest absolute Gasteiger partial charge is 0.359 e. The number of aromatic nitrogens is 2. The Morgan fingerprint density at radius 1 is 1.00 bits per heavy atom. The highest BCUT2D eigenvalue weighted by Gasteiger charge is 2.19. The quantitative estimate of drug-likeness (QED) is 0.455. The summed E-state index contributed by atoms with van der Waals surface area (Å²) >= 11 is 6.34. The van der Waals surface area contributed by atoms with Crippen LogP contribution in [0.5, 0.6) is 0 Å². The summed E-state index contributed by atoms with van der Waals surface area (Å²) in [6.07, 6.45) is 2.90. The monoisotopic (exact) mass is 395 g/mol. The maximum Gasteiger partial charge on any atom is 0.144 e. The summed E-state index contributed by atoms with van der Waals surface area (Å²) in [7, 11) is 0. The second-order valence-electron chi connectivity index (χ2n) is 6.52. The Kier molecular flexibility index (Phi) is 4.92. The number of hydrogen-bond donors (Lipinski definition) is 1. The van der Waals surface area contributed by atoms with Crippen molar-refractivity contribution in [2.45, 2.75) is 13.0 Å². The number of benzene rings is 2. The molecule has 6 heteroatoms. The molecule has 1 atom stereocenters. The van der Waals surface area contributed by atoms with Crippen LogP contribution in [0.25, 0.3) is 10.9 Å². The van der Waals surface area contributed by atoms with E-state index in [0.29, 0.717) is 16.9 Å². The first-order valence-corrected chi connectivity index (χ1v) is 9.07. The van der Waals surface area contributed by atoms with E-state index >= 15 is 0 Å². The predicted molar refractivity (Wildman–Crippen MR) is 108 cm³/mol. The van der Waals surface area contributed by atoms with Gasteiger partial charge < -0.3 is 5.32 Å². The number of aryl methyl sites for hydroxylation is 1. The lowest BCUT2D eigenvalue weighted by atomic mass is 9.97. The van der Waals surface area contributed by atoms with Crippen LogP contribution in [0.3, 0.4) is 0 Å². The molecule has 3 nitrogen and oxygen atoms in total. The predicted octanol–water partition coefficient (Wildman–Crippen LogP) is 6.07. The van der Waals surface area contributed by atoms with Crippen LogP contribution in [0.2, 0.25) is 5.02 Å². The molecule has 1 unspecified atom stereocenters. The van der Waals surface area contributed by atoms with Crippen molar-refractivity contribution in [1.82, 2.24) is 9.97 Å². The summed E-state index contributed by atoms with van der Waals surface area (Å²) < 4.78 is 27.2. The average molecular weight is 396 g/mol. The van der Waals surface area contributed by atoms with E-state index in [9.17, 15) is 8.78 Å². The van der Waals surface area contributed by atoms with Gasteiger partial charge in [-0.25, -0.2) is 13.8 Å². The molecule has 0 saturated carbocycles. The number of nitrogens with one attached hydrogen (secondary N) is 1. The summed E-state index contributed by atoms with van der Waals surface area (Å²) in [5.74, 6) is -0.300. The fraction of sp³-hybridized carbons (Fsp3) is 0.0909. The van der Waals surface area contributed by atoms with Gasteiger partial charge in [0, 0.05) is 16.6 Å². The van der Waals surface area contributed by atoms with Crippen LogP contribution in [0.15, 0.2) is 67.0 Å². The van der Waals surface area contributed by atoms with Crippen molar-refractivity contribution in [3.05, 3.63) is 100 Å². The van der Waals surface area contributed by atoms with Crippen LogP contribution in [0.1, 0.15) is 22.7 Å². The third kappa shape index (κ3) is 3.66. The molecule has 0 amide bonds. The average Bonchev–Trinajstić information content (AvgIpc) is 2.69. The highest BCUT2D eigenvalue weighted by Crippen LogP contribution is 2.33. The maximum atomic E-state index is 13.6. The van der Waals surface area contributed by atoms with Gasteiger partial charge in [0.1, 0.15) is 17.5 Å². The van der Waals surface area contributed by atoms with Gasteiger partial charge in [0.05, 0.1) is 17.8 Å². The first-order chi connectivity index (χ1) is 13.5. The standard InChI is InChI=1S/C22H16ClF2N3/c1-13-9-21(27-12-19(13)25)28-22(17-7-6-16(24)11-18(17)23)15-5-4-14-3-2-8-26-20(14)10-15/h2-12,22H,1H3,(H,27,28). The molecule has 0 spiro atoms. The molecule has 0 fully saturated rings. The second kappa shape index (κ2) is 7.52. The highest BCUT2D eigenvalue weighted by atomic mass is 35.5. The Bertz CT molecular complexity index is 1160. The van der Waals surface area contributed by atoms with E-state index in [1.54, 1.807) is 25.3 Å². The lowest BCUT2D eigenvalue weighted by molar-refractivity contribution is 0.612. The SMILES string of the molecule is Cc1cc(NC(c2ccc3cccnc3c2)c2ccc(F)cc2Cl)ncc1F. The van der Waals surface area contributed by atoms with Gasteiger partial charge in [-0.15, -0.1) is 0 Å². The van der Waals surface area contributed by atoms with E-state index in [2.05, 4.69) is 15.3 Å². The van der Waals surface area contributed by atoms with Crippen LogP contribution in [-0.4, -0.2) is 9.97 Å².